The minimum Gasteiger partial charge on any atom is -0.494 e. The first-order valence-electron chi connectivity index (χ1n) is 9.78. The predicted molar refractivity (Wildman–Crippen MR) is 119 cm³/mol. The molecule has 30 heavy (non-hydrogen) atoms. The number of hydrogen-bond acceptors (Lipinski definition) is 4. The molecule has 0 atom stereocenters. The number of amides is 1. The van der Waals surface area contributed by atoms with Gasteiger partial charge in [0.1, 0.15) is 11.5 Å². The zero-order valence-corrected chi connectivity index (χ0v) is 17.7. The van der Waals surface area contributed by atoms with E-state index in [1.54, 1.807) is 36.4 Å². The minimum absolute atomic E-state index is 0.282. The van der Waals surface area contributed by atoms with Crippen molar-refractivity contribution in [2.24, 2.45) is 0 Å². The summed E-state index contributed by atoms with van der Waals surface area (Å²) in [5.41, 5.74) is 1.79. The first kappa shape index (κ1) is 21.7. The van der Waals surface area contributed by atoms with Crippen LogP contribution in [-0.2, 0) is 11.3 Å². The van der Waals surface area contributed by atoms with Crippen LogP contribution in [-0.4, -0.2) is 19.1 Å². The molecule has 5 nitrogen and oxygen atoms in total. The van der Waals surface area contributed by atoms with E-state index >= 15 is 0 Å². The Morgan fingerprint density at radius 1 is 0.933 bits per heavy atom. The Bertz CT molecular complexity index is 992. The maximum Gasteiger partial charge on any atom is 0.255 e. The van der Waals surface area contributed by atoms with Gasteiger partial charge in [-0.05, 0) is 62.4 Å². The molecule has 0 saturated carbocycles. The third-order valence-corrected chi connectivity index (χ3v) is 4.48. The van der Waals surface area contributed by atoms with E-state index in [1.807, 2.05) is 44.2 Å². The number of rotatable bonds is 9. The fourth-order valence-electron chi connectivity index (χ4n) is 2.84. The molecule has 0 radical (unpaired) electrons. The highest BCUT2D eigenvalue weighted by atomic mass is 35.5. The van der Waals surface area contributed by atoms with Gasteiger partial charge >= 0.3 is 0 Å². The lowest BCUT2D eigenvalue weighted by Crippen LogP contribution is -2.13. The van der Waals surface area contributed by atoms with Crippen molar-refractivity contribution in [1.29, 1.82) is 0 Å². The van der Waals surface area contributed by atoms with Gasteiger partial charge in [-0.1, -0.05) is 29.8 Å². The largest absolute Gasteiger partial charge is 0.494 e. The van der Waals surface area contributed by atoms with Crippen LogP contribution >= 0.6 is 11.6 Å². The lowest BCUT2D eigenvalue weighted by atomic mass is 10.1. The average molecular weight is 426 g/mol. The van der Waals surface area contributed by atoms with Crippen molar-refractivity contribution in [3.63, 3.8) is 0 Å². The van der Waals surface area contributed by atoms with Crippen LogP contribution in [0.5, 0.6) is 17.2 Å². The van der Waals surface area contributed by atoms with Crippen LogP contribution < -0.4 is 14.8 Å². The lowest BCUT2D eigenvalue weighted by Gasteiger charge is -2.14. The number of halogens is 1. The van der Waals surface area contributed by atoms with Gasteiger partial charge in [0, 0.05) is 22.8 Å². The van der Waals surface area contributed by atoms with Crippen molar-refractivity contribution in [3.8, 4) is 17.2 Å². The van der Waals surface area contributed by atoms with E-state index in [2.05, 4.69) is 5.32 Å². The number of carbonyl (C=O) groups excluding carboxylic acids is 1. The first-order valence-corrected chi connectivity index (χ1v) is 10.2. The molecule has 0 fully saturated rings. The van der Waals surface area contributed by atoms with Gasteiger partial charge in [-0.25, -0.2) is 0 Å². The second kappa shape index (κ2) is 10.7. The molecule has 3 aromatic carbocycles. The molecular weight excluding hydrogens is 402 g/mol. The molecule has 0 unspecified atom stereocenters. The highest BCUT2D eigenvalue weighted by molar-refractivity contribution is 6.31. The number of ether oxygens (including phenoxy) is 3. The van der Waals surface area contributed by atoms with Gasteiger partial charge in [0.15, 0.2) is 5.75 Å². The summed E-state index contributed by atoms with van der Waals surface area (Å²) in [6, 6.07) is 19.7. The Morgan fingerprint density at radius 3 is 2.43 bits per heavy atom. The molecular formula is C24H24ClNO4. The molecule has 0 spiro atoms. The van der Waals surface area contributed by atoms with Crippen molar-refractivity contribution >= 4 is 23.2 Å². The first-order chi connectivity index (χ1) is 14.6. The standard InChI is InChI=1S/C24H24ClNO4/c1-3-28-16-18-14-17(10-12-22(18)29-4-2)24(27)26-21-15-19(25)11-13-23(21)30-20-8-6-5-7-9-20/h5-15H,3-4,16H2,1-2H3,(H,26,27). The average Bonchev–Trinajstić information content (AvgIpc) is 2.76. The zero-order chi connectivity index (χ0) is 21.3. The molecule has 0 bridgehead atoms. The molecule has 6 heteroatoms. The quantitative estimate of drug-likeness (QED) is 0.435. The lowest BCUT2D eigenvalue weighted by molar-refractivity contribution is 0.102. The van der Waals surface area contributed by atoms with Crippen molar-refractivity contribution in [2.45, 2.75) is 20.5 Å². The van der Waals surface area contributed by atoms with Crippen LogP contribution in [0.4, 0.5) is 5.69 Å². The Balaban J connectivity index is 1.84. The molecule has 0 aliphatic rings. The van der Waals surface area contributed by atoms with Crippen LogP contribution in [0.2, 0.25) is 5.02 Å². The molecule has 0 aromatic heterocycles. The Morgan fingerprint density at radius 2 is 1.70 bits per heavy atom. The molecule has 3 aromatic rings. The number of para-hydroxylation sites is 1. The van der Waals surface area contributed by atoms with E-state index in [4.69, 9.17) is 25.8 Å². The van der Waals surface area contributed by atoms with Crippen LogP contribution in [0.15, 0.2) is 66.7 Å². The molecule has 0 aliphatic carbocycles. The summed E-state index contributed by atoms with van der Waals surface area (Å²) in [5, 5.41) is 3.39. The molecule has 156 valence electrons. The molecule has 1 N–H and O–H groups in total. The summed E-state index contributed by atoms with van der Waals surface area (Å²) in [6.07, 6.45) is 0. The second-order valence-corrected chi connectivity index (χ2v) is 6.84. The Kier molecular flexibility index (Phi) is 7.71. The third kappa shape index (κ3) is 5.75. The van der Waals surface area contributed by atoms with Crippen molar-refractivity contribution in [3.05, 3.63) is 82.9 Å². The van der Waals surface area contributed by atoms with Gasteiger partial charge in [0.25, 0.3) is 5.91 Å². The highest BCUT2D eigenvalue weighted by Gasteiger charge is 2.14. The normalized spacial score (nSPS) is 10.5. The van der Waals surface area contributed by atoms with Gasteiger partial charge in [0.2, 0.25) is 0 Å². The van der Waals surface area contributed by atoms with E-state index in [0.717, 1.165) is 5.56 Å². The Labute approximate surface area is 181 Å². The summed E-state index contributed by atoms with van der Waals surface area (Å²) < 4.78 is 17.1. The molecule has 0 heterocycles. The highest BCUT2D eigenvalue weighted by Crippen LogP contribution is 2.32. The van der Waals surface area contributed by atoms with Gasteiger partial charge in [-0.15, -0.1) is 0 Å². The number of carbonyl (C=O) groups is 1. The minimum atomic E-state index is -0.282. The summed E-state index contributed by atoms with van der Waals surface area (Å²) >= 11 is 6.15. The van der Waals surface area contributed by atoms with Crippen molar-refractivity contribution in [2.75, 3.05) is 18.5 Å². The van der Waals surface area contributed by atoms with Gasteiger partial charge in [-0.3, -0.25) is 4.79 Å². The second-order valence-electron chi connectivity index (χ2n) is 6.40. The van der Waals surface area contributed by atoms with Crippen molar-refractivity contribution < 1.29 is 19.0 Å². The van der Waals surface area contributed by atoms with Gasteiger partial charge in [-0.2, -0.15) is 0 Å². The van der Waals surface area contributed by atoms with E-state index in [1.165, 1.54) is 0 Å². The monoisotopic (exact) mass is 425 g/mol. The summed E-state index contributed by atoms with van der Waals surface area (Å²) in [6.45, 7) is 5.31. The summed E-state index contributed by atoms with van der Waals surface area (Å²) in [5.74, 6) is 1.59. The third-order valence-electron chi connectivity index (χ3n) is 4.25. The van der Waals surface area contributed by atoms with Crippen LogP contribution in [0.25, 0.3) is 0 Å². The Hall–Kier alpha value is -3.02. The van der Waals surface area contributed by atoms with E-state index in [9.17, 15) is 4.79 Å². The van der Waals surface area contributed by atoms with Gasteiger partial charge < -0.3 is 19.5 Å². The fourth-order valence-corrected chi connectivity index (χ4v) is 3.01. The topological polar surface area (TPSA) is 56.8 Å². The predicted octanol–water partition coefficient (Wildman–Crippen LogP) is 6.32. The molecule has 0 saturated heterocycles. The maximum absolute atomic E-state index is 12.9. The molecule has 1 amide bonds. The van der Waals surface area contributed by atoms with Crippen molar-refractivity contribution in [1.82, 2.24) is 0 Å². The fraction of sp³-hybridized carbons (Fsp3) is 0.208. The van der Waals surface area contributed by atoms with Crippen LogP contribution in [0.1, 0.15) is 29.8 Å². The number of nitrogens with one attached hydrogen (secondary N) is 1. The summed E-state index contributed by atoms with van der Waals surface area (Å²) in [4.78, 5) is 12.9. The smallest absolute Gasteiger partial charge is 0.255 e. The van der Waals surface area contributed by atoms with E-state index in [-0.39, 0.29) is 5.91 Å². The maximum atomic E-state index is 12.9. The van der Waals surface area contributed by atoms with Gasteiger partial charge in [0.05, 0.1) is 18.9 Å². The zero-order valence-electron chi connectivity index (χ0n) is 17.0. The summed E-state index contributed by atoms with van der Waals surface area (Å²) in [7, 11) is 0. The van der Waals surface area contributed by atoms with Crippen LogP contribution in [0.3, 0.4) is 0 Å². The van der Waals surface area contributed by atoms with E-state index in [0.29, 0.717) is 53.3 Å². The molecule has 0 aliphatic heterocycles. The molecule has 3 rings (SSSR count). The number of anilines is 1. The van der Waals surface area contributed by atoms with E-state index < -0.39 is 0 Å². The number of hydrogen-bond donors (Lipinski definition) is 1. The SMILES string of the molecule is CCOCc1cc(C(=O)Nc2cc(Cl)ccc2Oc2ccccc2)ccc1OCC. The van der Waals surface area contributed by atoms with Crippen LogP contribution in [0, 0.1) is 0 Å². The number of benzene rings is 3.